The Bertz CT molecular complexity index is 369. The smallest absolute Gasteiger partial charge is 0.239 e. The number of amides is 1. The van der Waals surface area contributed by atoms with Crippen LogP contribution in [0.15, 0.2) is 24.3 Å². The highest BCUT2D eigenvalue weighted by Gasteiger charge is 2.06. The Morgan fingerprint density at radius 1 is 1.47 bits per heavy atom. The molecule has 0 aliphatic carbocycles. The van der Waals surface area contributed by atoms with Crippen LogP contribution in [-0.2, 0) is 4.79 Å². The lowest BCUT2D eigenvalue weighted by molar-refractivity contribution is -0.119. The summed E-state index contributed by atoms with van der Waals surface area (Å²) in [7, 11) is 1.59. The van der Waals surface area contributed by atoms with Crippen molar-refractivity contribution < 1.29 is 9.53 Å². The van der Waals surface area contributed by atoms with Crippen LogP contribution in [0.4, 0.5) is 5.69 Å². The van der Waals surface area contributed by atoms with E-state index in [2.05, 4.69) is 10.6 Å². The predicted octanol–water partition coefficient (Wildman–Crippen LogP) is 0.570. The average molecular weight is 237 g/mol. The van der Waals surface area contributed by atoms with E-state index in [9.17, 15) is 4.79 Å². The highest BCUT2D eigenvalue weighted by molar-refractivity contribution is 5.81. The van der Waals surface area contributed by atoms with Crippen molar-refractivity contribution in [3.8, 4) is 5.75 Å². The number of benzene rings is 1. The van der Waals surface area contributed by atoms with Gasteiger partial charge in [0.2, 0.25) is 5.91 Å². The van der Waals surface area contributed by atoms with Gasteiger partial charge in [0.05, 0.1) is 19.3 Å². The van der Waals surface area contributed by atoms with Gasteiger partial charge in [-0.3, -0.25) is 4.79 Å². The molecule has 1 aromatic carbocycles. The molecule has 94 valence electrons. The van der Waals surface area contributed by atoms with E-state index in [-0.39, 0.29) is 18.5 Å². The molecule has 5 nitrogen and oxygen atoms in total. The Balaban J connectivity index is 2.47. The number of nitrogens with one attached hydrogen (secondary N) is 2. The molecular formula is C12H19N3O2. The molecule has 0 aromatic heterocycles. The molecule has 0 saturated heterocycles. The van der Waals surface area contributed by atoms with Gasteiger partial charge in [0.15, 0.2) is 0 Å². The normalized spacial score (nSPS) is 11.7. The number of methoxy groups -OCH3 is 1. The van der Waals surface area contributed by atoms with Gasteiger partial charge in [0.1, 0.15) is 5.75 Å². The Labute approximate surface area is 101 Å². The van der Waals surface area contributed by atoms with Crippen molar-refractivity contribution >= 4 is 11.6 Å². The summed E-state index contributed by atoms with van der Waals surface area (Å²) in [4.78, 5) is 11.5. The van der Waals surface area contributed by atoms with Crippen LogP contribution in [0.3, 0.4) is 0 Å². The number of anilines is 1. The number of nitrogens with two attached hydrogens (primary N) is 1. The molecule has 0 unspecified atom stereocenters. The van der Waals surface area contributed by atoms with Crippen molar-refractivity contribution in [2.45, 2.75) is 13.0 Å². The minimum absolute atomic E-state index is 0.0121. The van der Waals surface area contributed by atoms with Crippen LogP contribution < -0.4 is 21.1 Å². The quantitative estimate of drug-likeness (QED) is 0.676. The van der Waals surface area contributed by atoms with Crippen LogP contribution in [0.25, 0.3) is 0 Å². The molecule has 0 bridgehead atoms. The first-order valence-electron chi connectivity index (χ1n) is 5.53. The molecule has 1 aromatic rings. The van der Waals surface area contributed by atoms with Gasteiger partial charge in [0.25, 0.3) is 0 Å². The molecule has 0 radical (unpaired) electrons. The topological polar surface area (TPSA) is 76.4 Å². The maximum Gasteiger partial charge on any atom is 0.239 e. The highest BCUT2D eigenvalue weighted by atomic mass is 16.5. The third-order valence-electron chi connectivity index (χ3n) is 2.31. The zero-order valence-corrected chi connectivity index (χ0v) is 10.2. The summed E-state index contributed by atoms with van der Waals surface area (Å²) in [5.74, 6) is 0.626. The van der Waals surface area contributed by atoms with Crippen molar-refractivity contribution in [1.82, 2.24) is 5.32 Å². The van der Waals surface area contributed by atoms with Crippen molar-refractivity contribution in [2.24, 2.45) is 5.73 Å². The van der Waals surface area contributed by atoms with Gasteiger partial charge >= 0.3 is 0 Å². The van der Waals surface area contributed by atoms with Crippen molar-refractivity contribution in [1.29, 1.82) is 0 Å². The molecule has 0 heterocycles. The van der Waals surface area contributed by atoms with Gasteiger partial charge < -0.3 is 21.1 Å². The lowest BCUT2D eigenvalue weighted by atomic mass is 10.3. The van der Waals surface area contributed by atoms with E-state index in [0.29, 0.717) is 12.3 Å². The third kappa shape index (κ3) is 4.32. The minimum atomic E-state index is -0.0890. The fourth-order valence-electron chi connectivity index (χ4n) is 1.35. The number of rotatable bonds is 6. The molecule has 1 amide bonds. The summed E-state index contributed by atoms with van der Waals surface area (Å²) >= 11 is 0. The molecule has 0 spiro atoms. The fraction of sp³-hybridized carbons (Fsp3) is 0.417. The van der Waals surface area contributed by atoms with Crippen molar-refractivity contribution in [3.05, 3.63) is 24.3 Å². The molecule has 1 atom stereocenters. The monoisotopic (exact) mass is 237 g/mol. The van der Waals surface area contributed by atoms with Crippen LogP contribution in [0.2, 0.25) is 0 Å². The fourth-order valence-corrected chi connectivity index (χ4v) is 1.35. The van der Waals surface area contributed by atoms with Gasteiger partial charge in [-0.15, -0.1) is 0 Å². The van der Waals surface area contributed by atoms with Crippen LogP contribution in [0, 0.1) is 0 Å². The Morgan fingerprint density at radius 2 is 2.18 bits per heavy atom. The number of hydrogen-bond donors (Lipinski definition) is 3. The summed E-state index contributed by atoms with van der Waals surface area (Å²) in [6.07, 6.45) is 0. The van der Waals surface area contributed by atoms with Gasteiger partial charge in [0, 0.05) is 12.6 Å². The number of hydrogen-bond acceptors (Lipinski definition) is 4. The predicted molar refractivity (Wildman–Crippen MR) is 68.1 cm³/mol. The van der Waals surface area contributed by atoms with Crippen LogP contribution in [-0.4, -0.2) is 32.1 Å². The summed E-state index contributed by atoms with van der Waals surface area (Å²) < 4.78 is 5.17. The van der Waals surface area contributed by atoms with E-state index in [4.69, 9.17) is 10.5 Å². The third-order valence-corrected chi connectivity index (χ3v) is 2.31. The van der Waals surface area contributed by atoms with E-state index < -0.39 is 0 Å². The van der Waals surface area contributed by atoms with E-state index in [1.807, 2.05) is 31.2 Å². The SMILES string of the molecule is COc1ccccc1NCC(=O)N[C@@H](C)CN. The van der Waals surface area contributed by atoms with E-state index >= 15 is 0 Å². The molecule has 4 N–H and O–H groups in total. The van der Waals surface area contributed by atoms with Crippen molar-refractivity contribution in [3.63, 3.8) is 0 Å². The molecule has 17 heavy (non-hydrogen) atoms. The van der Waals surface area contributed by atoms with Crippen LogP contribution in [0.1, 0.15) is 6.92 Å². The van der Waals surface area contributed by atoms with Gasteiger partial charge in [-0.05, 0) is 19.1 Å². The van der Waals surface area contributed by atoms with Gasteiger partial charge in [-0.1, -0.05) is 12.1 Å². The number of ether oxygens (including phenoxy) is 1. The average Bonchev–Trinajstić information content (AvgIpc) is 2.36. The molecule has 0 saturated carbocycles. The first-order chi connectivity index (χ1) is 8.17. The highest BCUT2D eigenvalue weighted by Crippen LogP contribution is 2.22. The summed E-state index contributed by atoms with van der Waals surface area (Å²) in [6.45, 7) is 2.49. The van der Waals surface area contributed by atoms with E-state index in [1.165, 1.54) is 0 Å². The van der Waals surface area contributed by atoms with E-state index in [1.54, 1.807) is 7.11 Å². The Hall–Kier alpha value is -1.75. The maximum atomic E-state index is 11.5. The second-order valence-corrected chi connectivity index (χ2v) is 3.76. The van der Waals surface area contributed by atoms with Gasteiger partial charge in [-0.2, -0.15) is 0 Å². The van der Waals surface area contributed by atoms with Crippen LogP contribution in [0.5, 0.6) is 5.75 Å². The zero-order chi connectivity index (χ0) is 12.7. The first kappa shape index (κ1) is 13.3. The number of carbonyl (C=O) groups excluding carboxylic acids is 1. The second-order valence-electron chi connectivity index (χ2n) is 3.76. The standard InChI is InChI=1S/C12H19N3O2/c1-9(7-13)15-12(16)8-14-10-5-3-4-6-11(10)17-2/h3-6,9,14H,7-8,13H2,1-2H3,(H,15,16)/t9-/m0/s1. The summed E-state index contributed by atoms with van der Waals surface area (Å²) in [5, 5.41) is 5.79. The zero-order valence-electron chi connectivity index (χ0n) is 10.2. The Kier molecular flexibility index (Phi) is 5.29. The summed E-state index contributed by atoms with van der Waals surface area (Å²) in [5.41, 5.74) is 6.21. The molecule has 1 rings (SSSR count). The Morgan fingerprint density at radius 3 is 2.82 bits per heavy atom. The molecule has 5 heteroatoms. The second kappa shape index (κ2) is 6.75. The summed E-state index contributed by atoms with van der Waals surface area (Å²) in [6, 6.07) is 7.44. The molecule has 0 aliphatic rings. The lowest BCUT2D eigenvalue weighted by Gasteiger charge is -2.13. The lowest BCUT2D eigenvalue weighted by Crippen LogP contribution is -2.40. The molecule has 0 fully saturated rings. The molecule has 0 aliphatic heterocycles. The van der Waals surface area contributed by atoms with E-state index in [0.717, 1.165) is 5.69 Å². The molecular weight excluding hydrogens is 218 g/mol. The first-order valence-corrected chi connectivity index (χ1v) is 5.53. The van der Waals surface area contributed by atoms with Gasteiger partial charge in [-0.25, -0.2) is 0 Å². The number of carbonyl (C=O) groups is 1. The minimum Gasteiger partial charge on any atom is -0.495 e. The van der Waals surface area contributed by atoms with Crippen LogP contribution >= 0.6 is 0 Å². The van der Waals surface area contributed by atoms with Crippen molar-refractivity contribution in [2.75, 3.05) is 25.5 Å². The number of para-hydroxylation sites is 2. The largest absolute Gasteiger partial charge is 0.495 e. The maximum absolute atomic E-state index is 11.5.